The van der Waals surface area contributed by atoms with Gasteiger partial charge in [0.25, 0.3) is 0 Å². The van der Waals surface area contributed by atoms with E-state index in [9.17, 15) is 4.79 Å². The Hall–Kier alpha value is -0.610. The van der Waals surface area contributed by atoms with Crippen LogP contribution < -0.4 is 10.6 Å². The van der Waals surface area contributed by atoms with E-state index in [0.717, 1.165) is 32.6 Å². The maximum atomic E-state index is 11.5. The number of hydrogen-bond donors (Lipinski definition) is 2. The molecule has 1 saturated heterocycles. The zero-order valence-electron chi connectivity index (χ0n) is 10.6. The van der Waals surface area contributed by atoms with Crippen molar-refractivity contribution in [3.05, 3.63) is 0 Å². The quantitative estimate of drug-likeness (QED) is 0.669. The molecular weight excluding hydrogens is 202 g/mol. The molecule has 0 aromatic heterocycles. The molecule has 4 nitrogen and oxygen atoms in total. The molecule has 2 N–H and O–H groups in total. The van der Waals surface area contributed by atoms with Crippen molar-refractivity contribution < 1.29 is 4.79 Å². The maximum absolute atomic E-state index is 11.5. The van der Waals surface area contributed by atoms with Gasteiger partial charge in [-0.1, -0.05) is 6.92 Å². The third kappa shape index (κ3) is 5.47. The summed E-state index contributed by atoms with van der Waals surface area (Å²) in [4.78, 5) is 13.7. The molecule has 1 aliphatic rings. The van der Waals surface area contributed by atoms with Crippen LogP contribution in [-0.4, -0.2) is 50.1 Å². The smallest absolute Gasteiger partial charge is 0.220 e. The molecule has 94 valence electrons. The average Bonchev–Trinajstić information content (AvgIpc) is 2.79. The van der Waals surface area contributed by atoms with Gasteiger partial charge in [0.2, 0.25) is 5.91 Å². The van der Waals surface area contributed by atoms with Crippen LogP contribution in [-0.2, 0) is 4.79 Å². The van der Waals surface area contributed by atoms with Crippen LogP contribution >= 0.6 is 0 Å². The number of likely N-dealkylation sites (N-methyl/N-ethyl adjacent to an activating group) is 1. The van der Waals surface area contributed by atoms with Gasteiger partial charge < -0.3 is 15.5 Å². The molecule has 1 aliphatic heterocycles. The molecular formula is C12H25N3O. The Balaban J connectivity index is 1.97. The predicted molar refractivity (Wildman–Crippen MR) is 66.4 cm³/mol. The third-order valence-electron chi connectivity index (χ3n) is 3.24. The van der Waals surface area contributed by atoms with Gasteiger partial charge in [-0.05, 0) is 39.4 Å². The number of carbonyl (C=O) groups is 1. The van der Waals surface area contributed by atoms with Crippen LogP contribution in [0, 0.1) is 0 Å². The number of amides is 1. The number of rotatable bonds is 7. The summed E-state index contributed by atoms with van der Waals surface area (Å²) >= 11 is 0. The minimum absolute atomic E-state index is 0.193. The van der Waals surface area contributed by atoms with Crippen molar-refractivity contribution in [2.24, 2.45) is 0 Å². The lowest BCUT2D eigenvalue weighted by Gasteiger charge is -2.14. The Morgan fingerprint density at radius 2 is 2.38 bits per heavy atom. The van der Waals surface area contributed by atoms with Crippen LogP contribution in [0.4, 0.5) is 0 Å². The van der Waals surface area contributed by atoms with E-state index in [1.54, 1.807) is 0 Å². The Labute approximate surface area is 98.8 Å². The van der Waals surface area contributed by atoms with Crippen molar-refractivity contribution in [2.75, 3.05) is 33.2 Å². The van der Waals surface area contributed by atoms with Crippen molar-refractivity contribution in [1.29, 1.82) is 0 Å². The molecule has 1 heterocycles. The van der Waals surface area contributed by atoms with Crippen molar-refractivity contribution in [1.82, 2.24) is 15.5 Å². The van der Waals surface area contributed by atoms with Gasteiger partial charge in [0.1, 0.15) is 0 Å². The molecule has 1 amide bonds. The minimum Gasteiger partial charge on any atom is -0.355 e. The van der Waals surface area contributed by atoms with Gasteiger partial charge in [-0.15, -0.1) is 0 Å². The molecule has 0 radical (unpaired) electrons. The van der Waals surface area contributed by atoms with Gasteiger partial charge in [0, 0.05) is 25.6 Å². The average molecular weight is 227 g/mol. The van der Waals surface area contributed by atoms with Crippen LogP contribution in [0.5, 0.6) is 0 Å². The molecule has 0 aromatic carbocycles. The topological polar surface area (TPSA) is 44.4 Å². The Morgan fingerprint density at radius 1 is 1.56 bits per heavy atom. The van der Waals surface area contributed by atoms with Crippen molar-refractivity contribution >= 4 is 5.91 Å². The predicted octanol–water partition coefficient (Wildman–Crippen LogP) is 0.587. The fraction of sp³-hybridized carbons (Fsp3) is 0.917. The fourth-order valence-electron chi connectivity index (χ4n) is 1.94. The highest BCUT2D eigenvalue weighted by Gasteiger charge is 2.14. The monoisotopic (exact) mass is 227 g/mol. The summed E-state index contributed by atoms with van der Waals surface area (Å²) in [5.41, 5.74) is 0. The normalized spacial score (nSPS) is 20.3. The molecule has 1 unspecified atom stereocenters. The second-order valence-corrected chi connectivity index (χ2v) is 4.58. The SMILES string of the molecule is CCN(C)CCNC(=O)CCC1CCCN1. The fourth-order valence-corrected chi connectivity index (χ4v) is 1.94. The van der Waals surface area contributed by atoms with Crippen LogP contribution in [0.3, 0.4) is 0 Å². The second kappa shape index (κ2) is 7.63. The molecule has 1 atom stereocenters. The first-order valence-electron chi connectivity index (χ1n) is 6.41. The maximum Gasteiger partial charge on any atom is 0.220 e. The molecule has 0 saturated carbocycles. The Kier molecular flexibility index (Phi) is 6.42. The molecule has 1 fully saturated rings. The number of nitrogens with one attached hydrogen (secondary N) is 2. The summed E-state index contributed by atoms with van der Waals surface area (Å²) in [6.07, 6.45) is 4.13. The lowest BCUT2D eigenvalue weighted by molar-refractivity contribution is -0.121. The summed E-state index contributed by atoms with van der Waals surface area (Å²) in [5.74, 6) is 0.193. The Bertz CT molecular complexity index is 202. The van der Waals surface area contributed by atoms with Crippen molar-refractivity contribution in [2.45, 2.75) is 38.6 Å². The van der Waals surface area contributed by atoms with Crippen LogP contribution in [0.15, 0.2) is 0 Å². The van der Waals surface area contributed by atoms with E-state index in [0.29, 0.717) is 12.5 Å². The molecule has 0 bridgehead atoms. The molecule has 0 aromatic rings. The van der Waals surface area contributed by atoms with Crippen molar-refractivity contribution in [3.8, 4) is 0 Å². The third-order valence-corrected chi connectivity index (χ3v) is 3.24. The molecule has 0 aliphatic carbocycles. The highest BCUT2D eigenvalue weighted by atomic mass is 16.1. The van der Waals surface area contributed by atoms with E-state index >= 15 is 0 Å². The number of hydrogen-bond acceptors (Lipinski definition) is 3. The number of carbonyl (C=O) groups excluding carboxylic acids is 1. The van der Waals surface area contributed by atoms with Gasteiger partial charge in [0.15, 0.2) is 0 Å². The summed E-state index contributed by atoms with van der Waals surface area (Å²) in [6, 6.07) is 0.573. The van der Waals surface area contributed by atoms with Gasteiger partial charge >= 0.3 is 0 Å². The van der Waals surface area contributed by atoms with Crippen LogP contribution in [0.1, 0.15) is 32.6 Å². The largest absolute Gasteiger partial charge is 0.355 e. The van der Waals surface area contributed by atoms with Crippen molar-refractivity contribution in [3.63, 3.8) is 0 Å². The summed E-state index contributed by atoms with van der Waals surface area (Å²) in [7, 11) is 2.06. The number of nitrogens with zero attached hydrogens (tertiary/aromatic N) is 1. The molecule has 4 heteroatoms. The van der Waals surface area contributed by atoms with E-state index in [2.05, 4.69) is 29.5 Å². The summed E-state index contributed by atoms with van der Waals surface area (Å²) < 4.78 is 0. The van der Waals surface area contributed by atoms with E-state index in [4.69, 9.17) is 0 Å². The van der Waals surface area contributed by atoms with Crippen LogP contribution in [0.25, 0.3) is 0 Å². The van der Waals surface area contributed by atoms with E-state index in [1.165, 1.54) is 12.8 Å². The first-order chi connectivity index (χ1) is 7.72. The van der Waals surface area contributed by atoms with E-state index in [1.807, 2.05) is 0 Å². The van der Waals surface area contributed by atoms with Gasteiger partial charge in [0.05, 0.1) is 0 Å². The molecule has 16 heavy (non-hydrogen) atoms. The zero-order valence-corrected chi connectivity index (χ0v) is 10.6. The highest BCUT2D eigenvalue weighted by molar-refractivity contribution is 5.75. The zero-order chi connectivity index (χ0) is 11.8. The highest BCUT2D eigenvalue weighted by Crippen LogP contribution is 2.10. The van der Waals surface area contributed by atoms with Crippen LogP contribution in [0.2, 0.25) is 0 Å². The van der Waals surface area contributed by atoms with E-state index < -0.39 is 0 Å². The second-order valence-electron chi connectivity index (χ2n) is 4.58. The van der Waals surface area contributed by atoms with Gasteiger partial charge in [-0.25, -0.2) is 0 Å². The summed E-state index contributed by atoms with van der Waals surface area (Å²) in [6.45, 7) is 5.97. The first-order valence-corrected chi connectivity index (χ1v) is 6.41. The molecule has 1 rings (SSSR count). The lowest BCUT2D eigenvalue weighted by atomic mass is 10.1. The van der Waals surface area contributed by atoms with E-state index in [-0.39, 0.29) is 5.91 Å². The van der Waals surface area contributed by atoms with Gasteiger partial charge in [-0.2, -0.15) is 0 Å². The summed E-state index contributed by atoms with van der Waals surface area (Å²) in [5, 5.41) is 6.37. The lowest BCUT2D eigenvalue weighted by Crippen LogP contribution is -2.33. The molecule has 0 spiro atoms. The minimum atomic E-state index is 0.193. The first kappa shape index (κ1) is 13.5. The standard InChI is InChI=1S/C12H25N3O/c1-3-15(2)10-9-14-12(16)7-6-11-5-4-8-13-11/h11,13H,3-10H2,1-2H3,(H,14,16). The Morgan fingerprint density at radius 3 is 3.00 bits per heavy atom. The van der Waals surface area contributed by atoms with Gasteiger partial charge in [-0.3, -0.25) is 4.79 Å².